The van der Waals surface area contributed by atoms with Crippen molar-refractivity contribution in [3.63, 3.8) is 0 Å². The molecule has 2 aromatic rings. The van der Waals surface area contributed by atoms with Crippen molar-refractivity contribution >= 4 is 23.4 Å². The summed E-state index contributed by atoms with van der Waals surface area (Å²) in [6.07, 6.45) is 7.27. The Morgan fingerprint density at radius 3 is 2.45 bits per heavy atom. The fourth-order valence-electron chi connectivity index (χ4n) is 4.56. The van der Waals surface area contributed by atoms with Crippen molar-refractivity contribution in [2.75, 3.05) is 5.01 Å². The van der Waals surface area contributed by atoms with E-state index >= 15 is 0 Å². The van der Waals surface area contributed by atoms with E-state index in [0.29, 0.717) is 30.0 Å². The molecule has 5 rings (SSSR count). The number of nitrogens with one attached hydrogen (secondary N) is 2. The molecule has 2 aromatic carbocycles. The van der Waals surface area contributed by atoms with Crippen LogP contribution in [0.1, 0.15) is 47.6 Å². The number of amides is 3. The number of rotatable bonds is 5. The number of hydrogen-bond donors (Lipinski definition) is 2. The molecule has 31 heavy (non-hydrogen) atoms. The van der Waals surface area contributed by atoms with Gasteiger partial charge in [-0.2, -0.15) is 0 Å². The predicted molar refractivity (Wildman–Crippen MR) is 117 cm³/mol. The van der Waals surface area contributed by atoms with Crippen LogP contribution in [0.4, 0.5) is 5.69 Å². The second-order valence-electron chi connectivity index (χ2n) is 8.56. The molecule has 2 aliphatic carbocycles. The normalized spacial score (nSPS) is 23.7. The van der Waals surface area contributed by atoms with Gasteiger partial charge in [-0.1, -0.05) is 48.6 Å². The average molecular weight is 415 g/mol. The van der Waals surface area contributed by atoms with E-state index in [2.05, 4.69) is 10.7 Å². The summed E-state index contributed by atoms with van der Waals surface area (Å²) in [5, 5.41) is 4.47. The highest BCUT2D eigenvalue weighted by Gasteiger charge is 2.42. The summed E-state index contributed by atoms with van der Waals surface area (Å²) in [4.78, 5) is 38.6. The fraction of sp³-hybridized carbons (Fsp3) is 0.320. The SMILES string of the molecule is O=C(NC(c1ccccc1)C1CC1)c1cccc(N2NC(=O)C3CC=CCC3C2=O)c1. The molecule has 3 unspecified atom stereocenters. The number of allylic oxidation sites excluding steroid dienone is 2. The van der Waals surface area contributed by atoms with Gasteiger partial charge < -0.3 is 5.32 Å². The minimum absolute atomic E-state index is 0.0246. The highest BCUT2D eigenvalue weighted by atomic mass is 16.2. The van der Waals surface area contributed by atoms with Crippen LogP contribution in [-0.2, 0) is 9.59 Å². The quantitative estimate of drug-likeness (QED) is 0.734. The second kappa shape index (κ2) is 8.02. The maximum Gasteiger partial charge on any atom is 0.251 e. The average Bonchev–Trinajstić information content (AvgIpc) is 3.66. The first-order valence-electron chi connectivity index (χ1n) is 10.9. The van der Waals surface area contributed by atoms with Gasteiger partial charge in [0.15, 0.2) is 0 Å². The van der Waals surface area contributed by atoms with E-state index in [1.54, 1.807) is 24.3 Å². The first kappa shape index (κ1) is 19.5. The molecule has 1 aliphatic heterocycles. The maximum absolute atomic E-state index is 13.1. The Hall–Kier alpha value is -3.41. The third kappa shape index (κ3) is 3.85. The van der Waals surface area contributed by atoms with Gasteiger partial charge in [0.1, 0.15) is 0 Å². The van der Waals surface area contributed by atoms with Crippen LogP contribution < -0.4 is 15.8 Å². The van der Waals surface area contributed by atoms with Gasteiger partial charge in [-0.3, -0.25) is 19.8 Å². The summed E-state index contributed by atoms with van der Waals surface area (Å²) in [6.45, 7) is 0. The molecule has 1 saturated heterocycles. The number of hydrogen-bond acceptors (Lipinski definition) is 3. The number of fused-ring (bicyclic) bond motifs is 1. The molecule has 3 amide bonds. The van der Waals surface area contributed by atoms with E-state index in [0.717, 1.165) is 18.4 Å². The predicted octanol–water partition coefficient (Wildman–Crippen LogP) is 3.53. The molecule has 3 atom stereocenters. The Labute approximate surface area is 181 Å². The Bertz CT molecular complexity index is 1040. The first-order chi connectivity index (χ1) is 15.1. The Morgan fingerprint density at radius 2 is 1.71 bits per heavy atom. The first-order valence-corrected chi connectivity index (χ1v) is 10.9. The second-order valence-corrected chi connectivity index (χ2v) is 8.56. The number of benzene rings is 2. The van der Waals surface area contributed by atoms with E-state index in [4.69, 9.17) is 0 Å². The van der Waals surface area contributed by atoms with Crippen LogP contribution in [-0.4, -0.2) is 17.7 Å². The van der Waals surface area contributed by atoms with Crippen molar-refractivity contribution in [2.45, 2.75) is 31.7 Å². The molecule has 158 valence electrons. The monoisotopic (exact) mass is 415 g/mol. The van der Waals surface area contributed by atoms with Crippen molar-refractivity contribution in [1.29, 1.82) is 0 Å². The lowest BCUT2D eigenvalue weighted by Crippen LogP contribution is -2.59. The standard InChI is InChI=1S/C25H25N3O3/c29-23(26-22(17-13-14-17)16-7-2-1-3-8-16)18-9-6-10-19(15-18)28-25(31)21-12-5-4-11-20(21)24(30)27-28/h1-10,15,17,20-22H,11-14H2,(H,26,29)(H,27,30). The number of hydrazine groups is 1. The summed E-state index contributed by atoms with van der Waals surface area (Å²) in [5.74, 6) is -0.682. The lowest BCUT2D eigenvalue weighted by Gasteiger charge is -2.38. The van der Waals surface area contributed by atoms with E-state index in [1.807, 2.05) is 42.5 Å². The van der Waals surface area contributed by atoms with Crippen LogP contribution >= 0.6 is 0 Å². The third-order valence-electron chi connectivity index (χ3n) is 6.43. The third-order valence-corrected chi connectivity index (χ3v) is 6.43. The van der Waals surface area contributed by atoms with Gasteiger partial charge in [-0.15, -0.1) is 0 Å². The topological polar surface area (TPSA) is 78.5 Å². The van der Waals surface area contributed by atoms with E-state index in [1.165, 1.54) is 5.01 Å². The van der Waals surface area contributed by atoms with Crippen LogP contribution in [0.2, 0.25) is 0 Å². The molecular formula is C25H25N3O3. The zero-order chi connectivity index (χ0) is 21.4. The van der Waals surface area contributed by atoms with Crippen LogP contribution in [0, 0.1) is 17.8 Å². The molecule has 0 radical (unpaired) electrons. The van der Waals surface area contributed by atoms with Crippen LogP contribution in [0.3, 0.4) is 0 Å². The zero-order valence-electron chi connectivity index (χ0n) is 17.2. The van der Waals surface area contributed by atoms with Crippen molar-refractivity contribution < 1.29 is 14.4 Å². The van der Waals surface area contributed by atoms with Gasteiger partial charge in [-0.25, -0.2) is 5.01 Å². The van der Waals surface area contributed by atoms with E-state index in [9.17, 15) is 14.4 Å². The van der Waals surface area contributed by atoms with Crippen LogP contribution in [0.15, 0.2) is 66.7 Å². The van der Waals surface area contributed by atoms with E-state index in [-0.39, 0.29) is 35.6 Å². The number of carbonyl (C=O) groups excluding carboxylic acids is 3. The number of nitrogens with zero attached hydrogens (tertiary/aromatic N) is 1. The molecule has 2 fully saturated rings. The maximum atomic E-state index is 13.1. The highest BCUT2D eigenvalue weighted by molar-refractivity contribution is 6.05. The van der Waals surface area contributed by atoms with Crippen LogP contribution in [0.5, 0.6) is 0 Å². The Morgan fingerprint density at radius 1 is 0.968 bits per heavy atom. The smallest absolute Gasteiger partial charge is 0.251 e. The van der Waals surface area contributed by atoms with Gasteiger partial charge in [0, 0.05) is 5.56 Å². The van der Waals surface area contributed by atoms with Crippen molar-refractivity contribution in [3.05, 3.63) is 77.9 Å². The van der Waals surface area contributed by atoms with Crippen molar-refractivity contribution in [2.24, 2.45) is 17.8 Å². The summed E-state index contributed by atoms with van der Waals surface area (Å²) >= 11 is 0. The van der Waals surface area contributed by atoms with Crippen molar-refractivity contribution in [3.8, 4) is 0 Å². The molecule has 0 spiro atoms. The molecular weight excluding hydrogens is 390 g/mol. The summed E-state index contributed by atoms with van der Waals surface area (Å²) in [5.41, 5.74) is 4.79. The number of anilines is 1. The molecule has 0 bridgehead atoms. The van der Waals surface area contributed by atoms with Crippen molar-refractivity contribution in [1.82, 2.24) is 10.7 Å². The molecule has 1 saturated carbocycles. The zero-order valence-corrected chi connectivity index (χ0v) is 17.2. The molecule has 1 heterocycles. The minimum Gasteiger partial charge on any atom is -0.345 e. The van der Waals surface area contributed by atoms with Gasteiger partial charge in [0.2, 0.25) is 11.8 Å². The highest BCUT2D eigenvalue weighted by Crippen LogP contribution is 2.41. The molecule has 2 N–H and O–H groups in total. The Kier molecular flexibility index (Phi) is 5.06. The largest absolute Gasteiger partial charge is 0.345 e. The fourth-order valence-corrected chi connectivity index (χ4v) is 4.56. The van der Waals surface area contributed by atoms with Gasteiger partial charge in [0.05, 0.1) is 23.6 Å². The lowest BCUT2D eigenvalue weighted by molar-refractivity contribution is -0.139. The minimum atomic E-state index is -0.353. The number of carbonyl (C=O) groups is 3. The molecule has 3 aliphatic rings. The summed E-state index contributed by atoms with van der Waals surface area (Å²) < 4.78 is 0. The van der Waals surface area contributed by atoms with Gasteiger partial charge in [0.25, 0.3) is 5.91 Å². The van der Waals surface area contributed by atoms with Gasteiger partial charge in [-0.05, 0) is 55.4 Å². The summed E-state index contributed by atoms with van der Waals surface area (Å²) in [6, 6.07) is 16.9. The van der Waals surface area contributed by atoms with Gasteiger partial charge >= 0.3 is 0 Å². The van der Waals surface area contributed by atoms with E-state index < -0.39 is 0 Å². The molecule has 6 nitrogen and oxygen atoms in total. The summed E-state index contributed by atoms with van der Waals surface area (Å²) in [7, 11) is 0. The molecule has 0 aromatic heterocycles. The van der Waals surface area contributed by atoms with Crippen LogP contribution in [0.25, 0.3) is 0 Å². The molecule has 6 heteroatoms. The lowest BCUT2D eigenvalue weighted by atomic mass is 9.80. The Balaban J connectivity index is 1.36.